The predicted molar refractivity (Wildman–Crippen MR) is 70.6 cm³/mol. The molecule has 1 aliphatic heterocycles. The van der Waals surface area contributed by atoms with Crippen molar-refractivity contribution in [3.05, 3.63) is 23.7 Å². The molecule has 0 unspecified atom stereocenters. The van der Waals surface area contributed by atoms with E-state index in [4.69, 9.17) is 4.42 Å². The Labute approximate surface area is 112 Å². The molecule has 2 rings (SSSR count). The second-order valence-corrected chi connectivity index (χ2v) is 7.12. The summed E-state index contributed by atoms with van der Waals surface area (Å²) in [5.74, 6) is 1.62. The highest BCUT2D eigenvalue weighted by atomic mass is 32.2. The summed E-state index contributed by atoms with van der Waals surface area (Å²) in [6, 6.07) is 2.71. The number of carbonyl (C=O) groups excluding carboxylic acids is 1. The normalized spacial score (nSPS) is 22.9. The van der Waals surface area contributed by atoms with Crippen LogP contribution in [0, 0.1) is 6.92 Å². The van der Waals surface area contributed by atoms with Crippen molar-refractivity contribution in [1.29, 1.82) is 0 Å². The van der Waals surface area contributed by atoms with Gasteiger partial charge in [-0.05, 0) is 32.4 Å². The number of rotatable bonds is 3. The van der Waals surface area contributed by atoms with Crippen molar-refractivity contribution >= 4 is 15.9 Å². The molecule has 0 radical (unpaired) electrons. The van der Waals surface area contributed by atoms with Crippen LogP contribution in [0.3, 0.4) is 0 Å². The Bertz CT molecular complexity index is 564. The molecule has 1 aromatic rings. The Kier molecular flexibility index (Phi) is 3.84. The van der Waals surface area contributed by atoms with Gasteiger partial charge in [-0.25, -0.2) is 13.2 Å². The molecule has 7 heteroatoms. The highest BCUT2D eigenvalue weighted by Gasteiger charge is 2.29. The lowest BCUT2D eigenvalue weighted by Gasteiger charge is -2.15. The van der Waals surface area contributed by atoms with E-state index in [1.165, 1.54) is 0 Å². The standard InChI is InChI=1S/C12H18N2O4S/c1-8-3-4-11(18-8)9(2)13-12(15)14-10-5-6-19(16,17)7-10/h3-4,9-10H,5-7H2,1-2H3,(H2,13,14,15)/t9-,10+/m0/s1. The molecule has 0 aromatic carbocycles. The van der Waals surface area contributed by atoms with E-state index in [0.717, 1.165) is 5.76 Å². The lowest BCUT2D eigenvalue weighted by molar-refractivity contribution is 0.233. The van der Waals surface area contributed by atoms with Crippen molar-refractivity contribution < 1.29 is 17.6 Å². The van der Waals surface area contributed by atoms with Crippen LogP contribution in [-0.4, -0.2) is 32.0 Å². The summed E-state index contributed by atoms with van der Waals surface area (Å²) < 4.78 is 28.0. The first-order valence-corrected chi connectivity index (χ1v) is 8.01. The van der Waals surface area contributed by atoms with E-state index in [1.54, 1.807) is 6.07 Å². The first-order chi connectivity index (χ1) is 8.85. The monoisotopic (exact) mass is 286 g/mol. The van der Waals surface area contributed by atoms with E-state index < -0.39 is 9.84 Å². The number of carbonyl (C=O) groups is 1. The van der Waals surface area contributed by atoms with Crippen LogP contribution in [0.4, 0.5) is 4.79 Å². The van der Waals surface area contributed by atoms with Crippen LogP contribution in [0.5, 0.6) is 0 Å². The molecule has 1 saturated heterocycles. The average molecular weight is 286 g/mol. The quantitative estimate of drug-likeness (QED) is 0.872. The molecule has 19 heavy (non-hydrogen) atoms. The fourth-order valence-electron chi connectivity index (χ4n) is 2.09. The van der Waals surface area contributed by atoms with Crippen LogP contribution in [-0.2, 0) is 9.84 Å². The van der Waals surface area contributed by atoms with Gasteiger partial charge in [0.2, 0.25) is 0 Å². The molecule has 0 aliphatic carbocycles. The molecule has 2 heterocycles. The molecule has 2 atom stereocenters. The number of aryl methyl sites for hydroxylation is 1. The summed E-state index contributed by atoms with van der Waals surface area (Å²) >= 11 is 0. The first-order valence-electron chi connectivity index (χ1n) is 6.19. The number of sulfone groups is 1. The van der Waals surface area contributed by atoms with Crippen LogP contribution >= 0.6 is 0 Å². The topological polar surface area (TPSA) is 88.4 Å². The van der Waals surface area contributed by atoms with Crippen molar-refractivity contribution in [2.24, 2.45) is 0 Å². The van der Waals surface area contributed by atoms with Gasteiger partial charge in [0.25, 0.3) is 0 Å². The van der Waals surface area contributed by atoms with Crippen LogP contribution in [0.2, 0.25) is 0 Å². The number of hydrogen-bond acceptors (Lipinski definition) is 4. The summed E-state index contributed by atoms with van der Waals surface area (Å²) in [5.41, 5.74) is 0. The molecule has 0 saturated carbocycles. The maximum Gasteiger partial charge on any atom is 0.315 e. The fourth-order valence-corrected chi connectivity index (χ4v) is 3.76. The third-order valence-corrected chi connectivity index (χ3v) is 4.87. The van der Waals surface area contributed by atoms with Gasteiger partial charge in [0.1, 0.15) is 11.5 Å². The zero-order chi connectivity index (χ0) is 14.0. The SMILES string of the molecule is Cc1ccc([C@H](C)NC(=O)N[C@@H]2CCS(=O)(=O)C2)o1. The Morgan fingerprint density at radius 2 is 2.21 bits per heavy atom. The van der Waals surface area contributed by atoms with Crippen molar-refractivity contribution in [2.45, 2.75) is 32.4 Å². The zero-order valence-corrected chi connectivity index (χ0v) is 11.8. The van der Waals surface area contributed by atoms with E-state index >= 15 is 0 Å². The van der Waals surface area contributed by atoms with E-state index in [-0.39, 0.29) is 29.6 Å². The van der Waals surface area contributed by atoms with Crippen molar-refractivity contribution in [3.63, 3.8) is 0 Å². The van der Waals surface area contributed by atoms with Crippen LogP contribution in [0.1, 0.15) is 30.9 Å². The van der Waals surface area contributed by atoms with Gasteiger partial charge in [-0.15, -0.1) is 0 Å². The van der Waals surface area contributed by atoms with Crippen molar-refractivity contribution in [1.82, 2.24) is 10.6 Å². The van der Waals surface area contributed by atoms with Gasteiger partial charge in [-0.1, -0.05) is 0 Å². The minimum Gasteiger partial charge on any atom is -0.464 e. The van der Waals surface area contributed by atoms with Crippen molar-refractivity contribution in [2.75, 3.05) is 11.5 Å². The Balaban J connectivity index is 1.85. The second-order valence-electron chi connectivity index (χ2n) is 4.89. The Morgan fingerprint density at radius 3 is 2.74 bits per heavy atom. The molecule has 6 nitrogen and oxygen atoms in total. The van der Waals surface area contributed by atoms with Gasteiger partial charge in [-0.3, -0.25) is 0 Å². The minimum absolute atomic E-state index is 0.0225. The molecular formula is C12H18N2O4S. The lowest BCUT2D eigenvalue weighted by Crippen LogP contribution is -2.43. The first kappa shape index (κ1) is 13.9. The summed E-state index contributed by atoms with van der Waals surface area (Å²) in [7, 11) is -2.98. The second kappa shape index (κ2) is 5.24. The fraction of sp³-hybridized carbons (Fsp3) is 0.583. The number of nitrogens with one attached hydrogen (secondary N) is 2. The molecule has 2 N–H and O–H groups in total. The third-order valence-electron chi connectivity index (χ3n) is 3.10. The Morgan fingerprint density at radius 1 is 1.47 bits per heavy atom. The van der Waals surface area contributed by atoms with E-state index in [0.29, 0.717) is 12.2 Å². The van der Waals surface area contributed by atoms with E-state index in [1.807, 2.05) is 19.9 Å². The predicted octanol–water partition coefficient (Wildman–Crippen LogP) is 1.14. The molecule has 1 aromatic heterocycles. The summed E-state index contributed by atoms with van der Waals surface area (Å²) in [6.45, 7) is 3.64. The highest BCUT2D eigenvalue weighted by molar-refractivity contribution is 7.91. The molecule has 1 aliphatic rings. The van der Waals surface area contributed by atoms with Gasteiger partial charge in [0.15, 0.2) is 9.84 Å². The van der Waals surface area contributed by atoms with Gasteiger partial charge in [0.05, 0.1) is 17.5 Å². The molecular weight excluding hydrogens is 268 g/mol. The summed E-state index contributed by atoms with van der Waals surface area (Å²) in [4.78, 5) is 11.7. The lowest BCUT2D eigenvalue weighted by atomic mass is 10.2. The van der Waals surface area contributed by atoms with E-state index in [2.05, 4.69) is 10.6 Å². The number of hydrogen-bond donors (Lipinski definition) is 2. The van der Waals surface area contributed by atoms with Gasteiger partial charge in [-0.2, -0.15) is 0 Å². The molecule has 0 bridgehead atoms. The number of urea groups is 1. The summed E-state index contributed by atoms with van der Waals surface area (Å²) in [5, 5.41) is 5.40. The number of furan rings is 1. The van der Waals surface area contributed by atoms with Gasteiger partial charge >= 0.3 is 6.03 Å². The minimum atomic E-state index is -2.98. The van der Waals surface area contributed by atoms with Crippen LogP contribution in [0.25, 0.3) is 0 Å². The Hall–Kier alpha value is -1.50. The van der Waals surface area contributed by atoms with Gasteiger partial charge in [0, 0.05) is 6.04 Å². The molecule has 1 fully saturated rings. The molecule has 2 amide bonds. The average Bonchev–Trinajstić information content (AvgIpc) is 2.85. The van der Waals surface area contributed by atoms with Crippen molar-refractivity contribution in [3.8, 4) is 0 Å². The van der Waals surface area contributed by atoms with Crippen LogP contribution < -0.4 is 10.6 Å². The largest absolute Gasteiger partial charge is 0.464 e. The molecule has 0 spiro atoms. The van der Waals surface area contributed by atoms with Crippen LogP contribution in [0.15, 0.2) is 16.5 Å². The summed E-state index contributed by atoms with van der Waals surface area (Å²) in [6.07, 6.45) is 0.476. The maximum atomic E-state index is 11.7. The number of amides is 2. The maximum absolute atomic E-state index is 11.7. The molecule has 106 valence electrons. The van der Waals surface area contributed by atoms with Gasteiger partial charge < -0.3 is 15.1 Å². The van der Waals surface area contributed by atoms with E-state index in [9.17, 15) is 13.2 Å². The highest BCUT2D eigenvalue weighted by Crippen LogP contribution is 2.16. The smallest absolute Gasteiger partial charge is 0.315 e. The zero-order valence-electron chi connectivity index (χ0n) is 11.0. The third kappa shape index (κ3) is 3.73.